The maximum Gasteiger partial charge on any atom is 0.254 e. The van der Waals surface area contributed by atoms with Crippen LogP contribution in [0.5, 0.6) is 0 Å². The molecule has 108 valence electrons. The molecule has 0 fully saturated rings. The lowest BCUT2D eigenvalue weighted by molar-refractivity contribution is -0.652. The van der Waals surface area contributed by atoms with E-state index in [2.05, 4.69) is 21.3 Å². The van der Waals surface area contributed by atoms with Gasteiger partial charge in [-0.2, -0.15) is 0 Å². The summed E-state index contributed by atoms with van der Waals surface area (Å²) >= 11 is 0. The molecule has 0 aliphatic rings. The highest BCUT2D eigenvalue weighted by Crippen LogP contribution is 2.14. The van der Waals surface area contributed by atoms with Crippen molar-refractivity contribution in [1.29, 1.82) is 0 Å². The van der Waals surface area contributed by atoms with Crippen LogP contribution in [0.2, 0.25) is 0 Å². The number of Topliss-reactive ketones (excluding diaryl/α,β-unsaturated/α-hetero) is 1. The molecule has 21 heavy (non-hydrogen) atoms. The number of carbonyl (C=O) groups excluding carboxylic acids is 1. The van der Waals surface area contributed by atoms with Gasteiger partial charge in [-0.25, -0.2) is 9.13 Å². The first kappa shape index (κ1) is 15.4. The Balaban J connectivity index is 0.00000161. The molecule has 1 heterocycles. The third-order valence-corrected chi connectivity index (χ3v) is 3.81. The maximum absolute atomic E-state index is 12.4. The molecule has 0 aliphatic heterocycles. The topological polar surface area (TPSA) is 25.9 Å². The van der Waals surface area contributed by atoms with Crippen LogP contribution < -0.4 is 4.57 Å². The number of nitrogens with zero attached hydrogens (tertiary/aromatic N) is 2. The first-order valence-electron chi connectivity index (χ1n) is 6.70. The molecule has 3 nitrogen and oxygen atoms in total. The summed E-state index contributed by atoms with van der Waals surface area (Å²) in [6.07, 6.45) is 0. The smallest absolute Gasteiger partial charge is 0.254 e. The highest BCUT2D eigenvalue weighted by Gasteiger charge is 2.21. The van der Waals surface area contributed by atoms with Gasteiger partial charge in [0.1, 0.15) is 0 Å². The summed E-state index contributed by atoms with van der Waals surface area (Å²) < 4.78 is 4.19. The summed E-state index contributed by atoms with van der Waals surface area (Å²) in [5.74, 6) is 1.21. The van der Waals surface area contributed by atoms with Crippen molar-refractivity contribution < 1.29 is 9.36 Å². The van der Waals surface area contributed by atoms with Gasteiger partial charge < -0.3 is 0 Å². The van der Waals surface area contributed by atoms with Gasteiger partial charge in [-0.05, 0) is 12.1 Å². The minimum Gasteiger partial charge on any atom is -0.290 e. The summed E-state index contributed by atoms with van der Waals surface area (Å²) in [4.78, 5) is 12.4. The molecule has 0 atom stereocenters. The Labute approximate surface area is 134 Å². The van der Waals surface area contributed by atoms with Gasteiger partial charge in [0.25, 0.3) is 5.82 Å². The lowest BCUT2D eigenvalue weighted by atomic mass is 10.1. The van der Waals surface area contributed by atoms with Crippen LogP contribution in [-0.2, 0) is 13.6 Å². The molecule has 0 spiro atoms. The number of fused-ring (bicyclic) bond motifs is 1. The van der Waals surface area contributed by atoms with E-state index in [4.69, 9.17) is 0 Å². The zero-order chi connectivity index (χ0) is 14.1. The van der Waals surface area contributed by atoms with Crippen LogP contribution in [0.25, 0.3) is 11.0 Å². The number of halogens is 1. The molecule has 3 rings (SSSR count). The van der Waals surface area contributed by atoms with E-state index >= 15 is 0 Å². The average molecular weight is 346 g/mol. The monoisotopic (exact) mass is 345 g/mol. The van der Waals surface area contributed by atoms with E-state index in [0.717, 1.165) is 22.4 Å². The average Bonchev–Trinajstić information content (AvgIpc) is 2.74. The van der Waals surface area contributed by atoms with Crippen LogP contribution in [-0.4, -0.2) is 10.4 Å². The van der Waals surface area contributed by atoms with Crippen LogP contribution in [0.1, 0.15) is 16.2 Å². The van der Waals surface area contributed by atoms with Crippen molar-refractivity contribution in [2.45, 2.75) is 13.5 Å². The molecule has 4 heteroatoms. The van der Waals surface area contributed by atoms with Crippen molar-refractivity contribution in [1.82, 2.24) is 4.57 Å². The van der Waals surface area contributed by atoms with Gasteiger partial charge in [-0.3, -0.25) is 4.79 Å². The number of hydrogen-bond acceptors (Lipinski definition) is 1. The number of benzene rings is 2. The molecule has 0 saturated heterocycles. The summed E-state index contributed by atoms with van der Waals surface area (Å²) in [6.45, 7) is 2.41. The summed E-state index contributed by atoms with van der Waals surface area (Å²) in [6, 6.07) is 17.6. The Morgan fingerprint density at radius 1 is 1.05 bits per heavy atom. The van der Waals surface area contributed by atoms with Gasteiger partial charge in [-0.15, -0.1) is 17.0 Å². The Kier molecular flexibility index (Phi) is 4.58. The second-order valence-electron chi connectivity index (χ2n) is 4.97. The van der Waals surface area contributed by atoms with Gasteiger partial charge >= 0.3 is 0 Å². The Morgan fingerprint density at radius 2 is 1.67 bits per heavy atom. The standard InChI is InChI=1S/C17H17N2O.BrH/c1-13-18(2)15-10-6-7-11-16(15)19(13)12-17(20)14-8-4-3-5-9-14;/h3-11H,12H2,1-2H3;1H/q+1;. The molecule has 0 aliphatic carbocycles. The van der Waals surface area contributed by atoms with Crippen molar-refractivity contribution >= 4 is 33.8 Å². The molecule has 1 aromatic heterocycles. The number of ketones is 1. The van der Waals surface area contributed by atoms with E-state index in [9.17, 15) is 4.79 Å². The molecule has 2 aromatic carbocycles. The van der Waals surface area contributed by atoms with Crippen molar-refractivity contribution in [2.24, 2.45) is 7.05 Å². The molecule has 0 amide bonds. The van der Waals surface area contributed by atoms with Crippen molar-refractivity contribution in [3.8, 4) is 0 Å². The fourth-order valence-corrected chi connectivity index (χ4v) is 2.56. The molecular formula is C17H18BrN2O+. The zero-order valence-electron chi connectivity index (χ0n) is 12.1. The van der Waals surface area contributed by atoms with Crippen LogP contribution in [0.3, 0.4) is 0 Å². The summed E-state index contributed by atoms with van der Waals surface area (Å²) in [7, 11) is 2.03. The quantitative estimate of drug-likeness (QED) is 0.528. The lowest BCUT2D eigenvalue weighted by Gasteiger charge is -2.00. The number of carbonyl (C=O) groups is 1. The first-order valence-corrected chi connectivity index (χ1v) is 6.70. The third-order valence-electron chi connectivity index (χ3n) is 3.81. The second kappa shape index (κ2) is 6.22. The number of para-hydroxylation sites is 2. The van der Waals surface area contributed by atoms with E-state index in [1.165, 1.54) is 0 Å². The molecular weight excluding hydrogens is 328 g/mol. The Hall–Kier alpha value is -1.94. The van der Waals surface area contributed by atoms with Gasteiger partial charge in [0, 0.05) is 12.5 Å². The molecule has 0 unspecified atom stereocenters. The van der Waals surface area contributed by atoms with E-state index in [-0.39, 0.29) is 22.8 Å². The van der Waals surface area contributed by atoms with Crippen molar-refractivity contribution in [3.05, 3.63) is 66.0 Å². The van der Waals surface area contributed by atoms with Gasteiger partial charge in [0.15, 0.2) is 17.6 Å². The first-order chi connectivity index (χ1) is 9.68. The Bertz CT molecular complexity index is 778. The summed E-state index contributed by atoms with van der Waals surface area (Å²) in [5.41, 5.74) is 3.00. The maximum atomic E-state index is 12.4. The summed E-state index contributed by atoms with van der Waals surface area (Å²) in [5, 5.41) is 0. The molecule has 0 N–H and O–H groups in total. The Morgan fingerprint density at radius 3 is 2.38 bits per heavy atom. The molecule has 0 radical (unpaired) electrons. The largest absolute Gasteiger partial charge is 0.290 e. The number of hydrogen-bond donors (Lipinski definition) is 0. The van der Waals surface area contributed by atoms with E-state index < -0.39 is 0 Å². The minimum absolute atomic E-state index is 0. The second-order valence-corrected chi connectivity index (χ2v) is 4.97. The molecule has 0 saturated carbocycles. The van der Waals surface area contributed by atoms with Crippen LogP contribution in [0, 0.1) is 6.92 Å². The number of imidazole rings is 1. The highest BCUT2D eigenvalue weighted by atomic mass is 79.9. The van der Waals surface area contributed by atoms with Crippen LogP contribution in [0.15, 0.2) is 54.6 Å². The van der Waals surface area contributed by atoms with Crippen LogP contribution >= 0.6 is 17.0 Å². The van der Waals surface area contributed by atoms with E-state index in [1.54, 1.807) is 0 Å². The molecule has 3 aromatic rings. The zero-order valence-corrected chi connectivity index (χ0v) is 13.8. The third kappa shape index (κ3) is 2.76. The fraction of sp³-hybridized carbons (Fsp3) is 0.176. The predicted molar refractivity (Wildman–Crippen MR) is 88.9 cm³/mol. The minimum atomic E-state index is 0. The fourth-order valence-electron chi connectivity index (χ4n) is 2.56. The van der Waals surface area contributed by atoms with Gasteiger partial charge in [0.05, 0.1) is 7.05 Å². The van der Waals surface area contributed by atoms with Crippen molar-refractivity contribution in [2.75, 3.05) is 0 Å². The number of aryl methyl sites for hydroxylation is 1. The van der Waals surface area contributed by atoms with Gasteiger partial charge in [0.2, 0.25) is 5.78 Å². The lowest BCUT2D eigenvalue weighted by Crippen LogP contribution is -2.31. The SMILES string of the molecule is Br.Cc1n(CC(=O)c2ccccc2)c2ccccc2[n+]1C. The van der Waals surface area contributed by atoms with Crippen molar-refractivity contribution in [3.63, 3.8) is 0 Å². The predicted octanol–water partition coefficient (Wildman–Crippen LogP) is 3.24. The number of aromatic nitrogens is 2. The van der Waals surface area contributed by atoms with E-state index in [0.29, 0.717) is 6.54 Å². The molecule has 0 bridgehead atoms. The van der Waals surface area contributed by atoms with Gasteiger partial charge in [-0.1, -0.05) is 42.5 Å². The highest BCUT2D eigenvalue weighted by molar-refractivity contribution is 8.93. The van der Waals surface area contributed by atoms with Crippen LogP contribution in [0.4, 0.5) is 0 Å². The number of rotatable bonds is 3. The van der Waals surface area contributed by atoms with E-state index in [1.807, 2.05) is 56.4 Å². The normalized spacial score (nSPS) is 10.4.